The smallest absolute Gasteiger partial charge is 0.907 e. The van der Waals surface area contributed by atoms with Crippen LogP contribution < -0.4 is 35.9 Å². The number of phosphoric acid groups is 1. The van der Waals surface area contributed by atoms with Gasteiger partial charge in [-0.3, -0.25) is 14.6 Å². The Morgan fingerprint density at radius 2 is 0.810 bits per heavy atom. The summed E-state index contributed by atoms with van der Waals surface area (Å²) in [4.78, 5) is 21.6. The quantitative estimate of drug-likeness (QED) is 0.0998. The van der Waals surface area contributed by atoms with Gasteiger partial charge in [0.2, 0.25) is 7.26 Å². The van der Waals surface area contributed by atoms with E-state index in [1.807, 2.05) is 20.3 Å². The van der Waals surface area contributed by atoms with Crippen molar-refractivity contribution in [1.29, 1.82) is 5.16 Å². The number of nitrogens with zero attached hydrogens (tertiary/aromatic N) is 1. The Hall–Kier alpha value is 5.93. The summed E-state index contributed by atoms with van der Waals surface area (Å²) in [6.45, 7) is 11.2. The van der Waals surface area contributed by atoms with Crippen LogP contribution in [-0.4, -0.2) is 237 Å². The second-order valence-corrected chi connectivity index (χ2v) is 2.53. The third-order valence-corrected chi connectivity index (χ3v) is 0. The zero-order valence-electron chi connectivity index (χ0n) is 24.2. The third-order valence-electron chi connectivity index (χ3n) is 0. The summed E-state index contributed by atoms with van der Waals surface area (Å²) >= 11 is 18.3. The molecule has 0 aromatic rings. The minimum absolute atomic E-state index is 0. The fourth-order valence-corrected chi connectivity index (χ4v) is 0. The SMILES string of the molecule is B#N.B#P.B=O.B=S.B=S.B=S.BCl.BF.BF.BF.BI.CCN.O=P(O)(O)O.[B].[Ca+2].[Ca+2].[Ca+2].[O-]B([O-])[O-].[O-]B([O-])[O-]. The van der Waals surface area contributed by atoms with Crippen LogP contribution in [-0.2, 0) is 9.27 Å². The largest absolute Gasteiger partial charge is 2.00 e. The Bertz CT molecular complexity index is 312. The van der Waals surface area contributed by atoms with E-state index in [-0.39, 0.29) is 122 Å². The van der Waals surface area contributed by atoms with Gasteiger partial charge in [0, 0.05) is 8.41 Å². The van der Waals surface area contributed by atoms with E-state index in [0.717, 1.165) is 6.54 Å². The molecular weight excluding hydrogens is 877 g/mol. The Balaban J connectivity index is -0.00000000801. The van der Waals surface area contributed by atoms with Gasteiger partial charge in [0.25, 0.3) is 0 Å². The van der Waals surface area contributed by atoms with Crippen LogP contribution in [0.2, 0.25) is 0 Å². The Morgan fingerprint density at radius 3 is 0.810 bits per heavy atom. The van der Waals surface area contributed by atoms with E-state index < -0.39 is 22.5 Å². The number of halogens is 5. The molecule has 3 radical (unpaired) electrons. The van der Waals surface area contributed by atoms with E-state index in [1.54, 1.807) is 0 Å². The maximum absolute atomic E-state index is 9.50. The van der Waals surface area contributed by atoms with Gasteiger partial charge in [0.1, 0.15) is 0 Å². The molecule has 5 N–H and O–H groups in total. The topological polar surface area (TPSA) is 283 Å². The van der Waals surface area contributed by atoms with Gasteiger partial charge in [-0.1, -0.05) is 6.92 Å². The normalized spacial score (nSPS) is 4.24. The molecule has 0 aliphatic carbocycles. The molecule has 42 heavy (non-hydrogen) atoms. The van der Waals surface area contributed by atoms with Crippen molar-refractivity contribution in [2.24, 2.45) is 5.73 Å². The first-order chi connectivity index (χ1) is 17.9. The van der Waals surface area contributed by atoms with Gasteiger partial charge in [-0.05, 0) is 6.54 Å². The summed E-state index contributed by atoms with van der Waals surface area (Å²) in [5.74, 6) is 0. The van der Waals surface area contributed by atoms with E-state index in [1.165, 1.54) is 7.26 Å². The van der Waals surface area contributed by atoms with Crippen LogP contribution in [0.3, 0.4) is 0 Å². The molecule has 0 atom stereocenters. The second-order valence-electron chi connectivity index (χ2n) is 1.50. The molecule has 40 heteroatoms. The molecule has 0 bridgehead atoms. The minimum Gasteiger partial charge on any atom is -0.907 e. The van der Waals surface area contributed by atoms with Gasteiger partial charge in [0.15, 0.2) is 5.70 Å². The molecule has 0 saturated carbocycles. The van der Waals surface area contributed by atoms with Crippen molar-refractivity contribution in [2.75, 3.05) is 6.54 Å². The van der Waals surface area contributed by atoms with Gasteiger partial charge < -0.3 is 63.5 Å². The van der Waals surface area contributed by atoms with Crippen LogP contribution in [0.25, 0.3) is 0 Å². The molecule has 219 valence electrons. The van der Waals surface area contributed by atoms with Crippen LogP contribution in [0.4, 0.5) is 12.9 Å². The average Bonchev–Trinajstić information content (AvgIpc) is 2.95. The van der Waals surface area contributed by atoms with E-state index in [2.05, 4.69) is 113 Å². The maximum Gasteiger partial charge on any atom is 2.00 e. The van der Waals surface area contributed by atoms with E-state index in [0.29, 0.717) is 24.4 Å². The van der Waals surface area contributed by atoms with Gasteiger partial charge in [0.05, 0.1) is 0 Å². The van der Waals surface area contributed by atoms with Gasteiger partial charge in [-0.25, -0.2) is 16.0 Å². The predicted octanol–water partition coefficient (Wildman–Crippen LogP) is -12.8. The van der Waals surface area contributed by atoms with Crippen molar-refractivity contribution in [3.05, 3.63) is 0 Å². The van der Waals surface area contributed by atoms with Crippen molar-refractivity contribution in [3.63, 3.8) is 0 Å². The molecule has 0 heterocycles. The first-order valence-corrected chi connectivity index (χ1v) is 13.6. The molecule has 0 fully saturated rings. The first-order valence-electron chi connectivity index (χ1n) is 6.87. The van der Waals surface area contributed by atoms with Crippen LogP contribution in [0.1, 0.15) is 6.92 Å². The zero-order chi connectivity index (χ0) is 36.4. The van der Waals surface area contributed by atoms with Gasteiger partial charge in [-0.15, -0.1) is 0 Å². The average molecular weight is 901 g/mol. The van der Waals surface area contributed by atoms with Gasteiger partial charge >= 0.3 is 242 Å². The van der Waals surface area contributed by atoms with E-state index >= 15 is 0 Å². The van der Waals surface area contributed by atoms with Crippen molar-refractivity contribution in [3.8, 4) is 0 Å². The Kier molecular flexibility index (Phi) is 830. The summed E-state index contributed by atoms with van der Waals surface area (Å²) in [6.07, 6.45) is 0. The molecule has 0 spiro atoms. The molecular formula is C2H24B14Ca3ClF3IN2O11P2S3. The number of hydrogen-bond donors (Lipinski definition) is 4. The molecule has 0 unspecified atom stereocenters. The van der Waals surface area contributed by atoms with Crippen LogP contribution in [0.5, 0.6) is 0 Å². The summed E-state index contributed by atoms with van der Waals surface area (Å²) in [5.41, 5.74) is 6.82. The van der Waals surface area contributed by atoms with Crippen molar-refractivity contribution in [2.45, 2.75) is 6.92 Å². The summed E-state index contributed by atoms with van der Waals surface area (Å²) < 4.78 is 45.4. The number of nitrogens with two attached hydrogens (primary N) is 1. The summed E-state index contributed by atoms with van der Waals surface area (Å²) in [6, 6.07) is 0. The van der Waals surface area contributed by atoms with Crippen LogP contribution >= 0.6 is 86.4 Å². The zero-order valence-corrected chi connectivity index (χ0v) is 38.0. The first kappa shape index (κ1) is 126. The molecule has 0 amide bonds. The molecule has 0 saturated heterocycles. The number of hydrogen-bond acceptors (Lipinski definition) is 13. The molecule has 0 aliphatic heterocycles. The fourth-order valence-electron chi connectivity index (χ4n) is 0. The summed E-state index contributed by atoms with van der Waals surface area (Å²) in [5, 5.41) is 57.0. The van der Waals surface area contributed by atoms with Crippen molar-refractivity contribution < 1.29 is 67.0 Å². The molecule has 0 aromatic heterocycles. The standard InChI is InChI=1S/C2H7N.BClH2.3BFH2.BH2I.BN.2BO3.BHO.BP.3BHS.B.3Ca.H3O4P/c1-2-3;6*1-2;2*2-1(3)4;5*1-2;;;;;1-5(2,3)4/h2-3H2,1H3;5*1H2;;;;1H;;3*1H;;;;;(H3,1,2,3,4)/q;;;;;;;2*-3;;;;;;;3*+2;. The molecule has 13 nitrogen and oxygen atoms in total. The minimum atomic E-state index is -4.64. The van der Waals surface area contributed by atoms with E-state index in [9.17, 15) is 12.9 Å². The third kappa shape index (κ3) is 2640. The fraction of sp³-hybridized carbons (Fsp3) is 1.00. The molecule has 0 aliphatic rings. The maximum atomic E-state index is 9.50. The monoisotopic (exact) mass is 903 g/mol. The van der Waals surface area contributed by atoms with Crippen LogP contribution in [0.15, 0.2) is 0 Å². The van der Waals surface area contributed by atoms with Crippen molar-refractivity contribution in [1.82, 2.24) is 0 Å². The molecule has 0 aromatic carbocycles. The summed E-state index contributed by atoms with van der Waals surface area (Å²) in [7, 11) is 5.22. The Morgan fingerprint density at radius 1 is 0.810 bits per heavy atom. The van der Waals surface area contributed by atoms with Gasteiger partial charge in [-0.2, -0.15) is 22.4 Å². The second kappa shape index (κ2) is 276. The predicted molar refractivity (Wildman–Crippen MR) is 202 cm³/mol. The Labute approximate surface area is 387 Å². The molecule has 0 rings (SSSR count). The van der Waals surface area contributed by atoms with E-state index in [4.69, 9.17) is 65.0 Å². The van der Waals surface area contributed by atoms with Crippen LogP contribution in [0, 0.1) is 5.16 Å². The van der Waals surface area contributed by atoms with Crippen molar-refractivity contribution >= 4 is 302 Å². The number of rotatable bonds is 0.